The predicted octanol–water partition coefficient (Wildman–Crippen LogP) is 0.526. The molecule has 1 saturated carbocycles. The van der Waals surface area contributed by atoms with Crippen molar-refractivity contribution in [1.82, 2.24) is 10.6 Å². The molecular weight excluding hydrogens is 230 g/mol. The third-order valence-corrected chi connectivity index (χ3v) is 3.30. The van der Waals surface area contributed by atoms with Gasteiger partial charge in [0.1, 0.15) is 0 Å². The molecule has 17 heavy (non-hydrogen) atoms. The summed E-state index contributed by atoms with van der Waals surface area (Å²) in [6.45, 7) is 2.45. The summed E-state index contributed by atoms with van der Waals surface area (Å²) in [5.74, 6) is -3.45. The molecule has 0 aromatic rings. The van der Waals surface area contributed by atoms with Gasteiger partial charge in [0.2, 0.25) is 11.8 Å². The second-order valence-corrected chi connectivity index (χ2v) is 4.77. The number of rotatable bonds is 3. The number of carbonyl (C=O) groups excluding carboxylic acids is 1. The third kappa shape index (κ3) is 3.61. The lowest BCUT2D eigenvalue weighted by molar-refractivity contribution is -0.126. The molecule has 0 aromatic carbocycles. The number of ether oxygens (including phenoxy) is 1. The largest absolute Gasteiger partial charge is 0.378 e. The summed E-state index contributed by atoms with van der Waals surface area (Å²) in [6, 6.07) is 0.0922. The van der Waals surface area contributed by atoms with Crippen molar-refractivity contribution in [3.63, 3.8) is 0 Å². The van der Waals surface area contributed by atoms with Gasteiger partial charge in [0.15, 0.2) is 0 Å². The minimum absolute atomic E-state index is 0.0922. The first-order valence-electron chi connectivity index (χ1n) is 6.03. The second-order valence-electron chi connectivity index (χ2n) is 4.77. The van der Waals surface area contributed by atoms with E-state index < -0.39 is 11.8 Å². The van der Waals surface area contributed by atoms with Gasteiger partial charge in [0.25, 0.3) is 0 Å². The van der Waals surface area contributed by atoms with Crippen molar-refractivity contribution in [1.29, 1.82) is 0 Å². The van der Waals surface area contributed by atoms with E-state index in [-0.39, 0.29) is 31.2 Å². The van der Waals surface area contributed by atoms with E-state index in [1.807, 2.05) is 0 Å². The monoisotopic (exact) mass is 248 g/mol. The van der Waals surface area contributed by atoms with E-state index in [0.29, 0.717) is 19.8 Å². The molecule has 2 atom stereocenters. The van der Waals surface area contributed by atoms with Crippen molar-refractivity contribution in [2.45, 2.75) is 31.2 Å². The lowest BCUT2D eigenvalue weighted by Gasteiger charge is -2.24. The standard InChI is InChI=1S/C11H18F2N2O2/c12-11(13)2-1-8(5-11)10(16)15-6-9-7-17-4-3-14-9/h8-9,14H,1-7H2,(H,15,16). The third-order valence-electron chi connectivity index (χ3n) is 3.30. The highest BCUT2D eigenvalue weighted by atomic mass is 19.3. The second kappa shape index (κ2) is 5.27. The van der Waals surface area contributed by atoms with Crippen LogP contribution in [0.25, 0.3) is 0 Å². The van der Waals surface area contributed by atoms with Crippen molar-refractivity contribution in [3.05, 3.63) is 0 Å². The predicted molar refractivity (Wildman–Crippen MR) is 57.9 cm³/mol. The fourth-order valence-corrected chi connectivity index (χ4v) is 2.29. The Labute approximate surface area is 99.1 Å². The van der Waals surface area contributed by atoms with Gasteiger partial charge in [-0.05, 0) is 6.42 Å². The summed E-state index contributed by atoms with van der Waals surface area (Å²) in [7, 11) is 0. The molecule has 2 unspecified atom stereocenters. The molecule has 2 N–H and O–H groups in total. The molecule has 1 saturated heterocycles. The normalized spacial score (nSPS) is 32.4. The molecule has 2 rings (SSSR count). The Bertz CT molecular complexity index is 281. The molecule has 0 bridgehead atoms. The van der Waals surface area contributed by atoms with Crippen LogP contribution in [-0.2, 0) is 9.53 Å². The van der Waals surface area contributed by atoms with E-state index in [2.05, 4.69) is 10.6 Å². The van der Waals surface area contributed by atoms with Gasteiger partial charge >= 0.3 is 0 Å². The Kier molecular flexibility index (Phi) is 3.93. The first-order chi connectivity index (χ1) is 8.07. The molecule has 1 heterocycles. The fraction of sp³-hybridized carbons (Fsp3) is 0.909. The Morgan fingerprint density at radius 1 is 1.53 bits per heavy atom. The van der Waals surface area contributed by atoms with Gasteiger partial charge in [-0.25, -0.2) is 8.78 Å². The summed E-state index contributed by atoms with van der Waals surface area (Å²) in [5.41, 5.74) is 0. The Morgan fingerprint density at radius 2 is 2.35 bits per heavy atom. The molecule has 6 heteroatoms. The highest BCUT2D eigenvalue weighted by molar-refractivity contribution is 5.79. The molecular formula is C11H18F2N2O2. The van der Waals surface area contributed by atoms with Gasteiger partial charge in [-0.15, -0.1) is 0 Å². The van der Waals surface area contributed by atoms with Gasteiger partial charge in [0, 0.05) is 37.9 Å². The van der Waals surface area contributed by atoms with Crippen molar-refractivity contribution in [3.8, 4) is 0 Å². The maximum Gasteiger partial charge on any atom is 0.248 e. The van der Waals surface area contributed by atoms with E-state index in [1.54, 1.807) is 0 Å². The maximum absolute atomic E-state index is 12.9. The number of morpholine rings is 1. The zero-order valence-corrected chi connectivity index (χ0v) is 9.68. The molecule has 0 radical (unpaired) electrons. The lowest BCUT2D eigenvalue weighted by atomic mass is 10.1. The van der Waals surface area contributed by atoms with Crippen molar-refractivity contribution in [2.75, 3.05) is 26.3 Å². The van der Waals surface area contributed by atoms with E-state index in [0.717, 1.165) is 6.54 Å². The molecule has 0 aromatic heterocycles. The summed E-state index contributed by atoms with van der Waals surface area (Å²) in [6.07, 6.45) is -0.198. The molecule has 4 nitrogen and oxygen atoms in total. The van der Waals surface area contributed by atoms with E-state index in [4.69, 9.17) is 4.74 Å². The van der Waals surface area contributed by atoms with Crippen LogP contribution >= 0.6 is 0 Å². The number of nitrogens with one attached hydrogen (secondary N) is 2. The summed E-state index contributed by atoms with van der Waals surface area (Å²) in [5, 5.41) is 5.91. The quantitative estimate of drug-likeness (QED) is 0.766. The molecule has 1 aliphatic heterocycles. The Hall–Kier alpha value is -0.750. The first kappa shape index (κ1) is 12.7. The zero-order chi connectivity index (χ0) is 12.3. The summed E-state index contributed by atoms with van der Waals surface area (Å²) >= 11 is 0. The van der Waals surface area contributed by atoms with E-state index in [9.17, 15) is 13.6 Å². The van der Waals surface area contributed by atoms with Crippen LogP contribution in [0.2, 0.25) is 0 Å². The van der Waals surface area contributed by atoms with Gasteiger partial charge in [0.05, 0.1) is 13.2 Å². The van der Waals surface area contributed by atoms with Crippen LogP contribution in [0.4, 0.5) is 8.78 Å². The Morgan fingerprint density at radius 3 is 2.94 bits per heavy atom. The van der Waals surface area contributed by atoms with Gasteiger partial charge in [-0.2, -0.15) is 0 Å². The Balaban J connectivity index is 1.70. The van der Waals surface area contributed by atoms with Crippen LogP contribution in [0.15, 0.2) is 0 Å². The van der Waals surface area contributed by atoms with Crippen LogP contribution in [-0.4, -0.2) is 44.2 Å². The highest BCUT2D eigenvalue weighted by Gasteiger charge is 2.42. The average Bonchev–Trinajstić information content (AvgIpc) is 2.68. The molecule has 2 aliphatic rings. The van der Waals surface area contributed by atoms with Crippen LogP contribution in [0.1, 0.15) is 19.3 Å². The van der Waals surface area contributed by atoms with E-state index in [1.165, 1.54) is 0 Å². The minimum Gasteiger partial charge on any atom is -0.378 e. The van der Waals surface area contributed by atoms with Crippen LogP contribution < -0.4 is 10.6 Å². The van der Waals surface area contributed by atoms with Crippen LogP contribution in [0, 0.1) is 5.92 Å². The zero-order valence-electron chi connectivity index (χ0n) is 9.68. The van der Waals surface area contributed by atoms with E-state index >= 15 is 0 Å². The number of halogens is 2. The van der Waals surface area contributed by atoms with Crippen molar-refractivity contribution >= 4 is 5.91 Å². The smallest absolute Gasteiger partial charge is 0.248 e. The van der Waals surface area contributed by atoms with Crippen LogP contribution in [0.5, 0.6) is 0 Å². The minimum atomic E-state index is -2.66. The van der Waals surface area contributed by atoms with Gasteiger partial charge in [-0.1, -0.05) is 0 Å². The molecule has 1 aliphatic carbocycles. The van der Waals surface area contributed by atoms with Crippen molar-refractivity contribution < 1.29 is 18.3 Å². The summed E-state index contributed by atoms with van der Waals surface area (Å²) < 4.78 is 31.1. The number of alkyl halides is 2. The van der Waals surface area contributed by atoms with Gasteiger partial charge in [-0.3, -0.25) is 4.79 Å². The highest BCUT2D eigenvalue weighted by Crippen LogP contribution is 2.38. The summed E-state index contributed by atoms with van der Waals surface area (Å²) in [4.78, 5) is 11.7. The molecule has 98 valence electrons. The number of carbonyl (C=O) groups is 1. The molecule has 2 fully saturated rings. The fourth-order valence-electron chi connectivity index (χ4n) is 2.29. The maximum atomic E-state index is 12.9. The molecule has 0 spiro atoms. The number of hydrogen-bond acceptors (Lipinski definition) is 3. The van der Waals surface area contributed by atoms with Crippen molar-refractivity contribution in [2.24, 2.45) is 5.92 Å². The first-order valence-corrected chi connectivity index (χ1v) is 6.03. The number of amides is 1. The average molecular weight is 248 g/mol. The SMILES string of the molecule is O=C(NCC1COCCN1)C1CCC(F)(F)C1. The number of hydrogen-bond donors (Lipinski definition) is 2. The lowest BCUT2D eigenvalue weighted by Crippen LogP contribution is -2.49. The van der Waals surface area contributed by atoms with Crippen LogP contribution in [0.3, 0.4) is 0 Å². The molecule has 1 amide bonds. The topological polar surface area (TPSA) is 50.4 Å². The van der Waals surface area contributed by atoms with Gasteiger partial charge < -0.3 is 15.4 Å².